The topological polar surface area (TPSA) is 217 Å². The van der Waals surface area contributed by atoms with Crippen LogP contribution < -0.4 is 27.0 Å². The van der Waals surface area contributed by atoms with Gasteiger partial charge in [-0.15, -0.1) is 0 Å². The summed E-state index contributed by atoms with van der Waals surface area (Å²) in [4.78, 5) is 75.6. The van der Waals surface area contributed by atoms with E-state index in [9.17, 15) is 39.0 Å². The third kappa shape index (κ3) is 14.1. The van der Waals surface area contributed by atoms with Gasteiger partial charge in [-0.1, -0.05) is 44.2 Å². The lowest BCUT2D eigenvalue weighted by atomic mass is 10.00. The number of amides is 4. The van der Waals surface area contributed by atoms with E-state index < -0.39 is 78.1 Å². The van der Waals surface area contributed by atoms with Crippen molar-refractivity contribution in [3.05, 3.63) is 35.9 Å². The van der Waals surface area contributed by atoms with Gasteiger partial charge in [0.25, 0.3) is 0 Å². The van der Waals surface area contributed by atoms with Gasteiger partial charge >= 0.3 is 11.9 Å². The first-order valence-corrected chi connectivity index (χ1v) is 16.5. The largest absolute Gasteiger partial charge is 0.481 e. The standard InChI is InChI=1S/C28H43N5O8S2/c1-16(2)23(33-26(38)21(15-22(34)35)31-24(36)18(29)10-12-42-3)27(39)32-20(14-17-8-6-5-7-9-17)25(37)30-19(28(40)41)11-13-43-4/h5-9,16,18-21,23H,10-15,29H2,1-4H3,(H,30,37)(H,31,36)(H,32,39)(H,33,38)(H,34,35)(H,40,41)/t18-,19-,20-,21-,23-/m0/s1. The van der Waals surface area contributed by atoms with Crippen molar-refractivity contribution in [1.82, 2.24) is 21.3 Å². The summed E-state index contributed by atoms with van der Waals surface area (Å²) < 4.78 is 0. The molecular weight excluding hydrogens is 598 g/mol. The lowest BCUT2D eigenvalue weighted by Crippen LogP contribution is -2.60. The molecule has 43 heavy (non-hydrogen) atoms. The fourth-order valence-electron chi connectivity index (χ4n) is 3.91. The van der Waals surface area contributed by atoms with Crippen molar-refractivity contribution < 1.29 is 39.0 Å². The van der Waals surface area contributed by atoms with Gasteiger partial charge in [0.05, 0.1) is 12.5 Å². The smallest absolute Gasteiger partial charge is 0.326 e. The number of nitrogens with one attached hydrogen (secondary N) is 4. The van der Waals surface area contributed by atoms with Crippen LogP contribution in [0.25, 0.3) is 0 Å². The van der Waals surface area contributed by atoms with E-state index in [1.165, 1.54) is 23.5 Å². The summed E-state index contributed by atoms with van der Waals surface area (Å²) in [7, 11) is 0. The number of carboxylic acids is 2. The molecule has 0 bridgehead atoms. The number of carbonyl (C=O) groups is 6. The van der Waals surface area contributed by atoms with E-state index >= 15 is 0 Å². The fraction of sp³-hybridized carbons (Fsp3) is 0.571. The Hall–Kier alpha value is -3.30. The summed E-state index contributed by atoms with van der Waals surface area (Å²) in [6, 6.07) is 2.76. The highest BCUT2D eigenvalue weighted by atomic mass is 32.2. The van der Waals surface area contributed by atoms with Gasteiger partial charge in [0.1, 0.15) is 24.2 Å². The van der Waals surface area contributed by atoms with Gasteiger partial charge < -0.3 is 37.2 Å². The Kier molecular flexibility index (Phi) is 17.4. The average Bonchev–Trinajstić information content (AvgIpc) is 2.95. The normalized spacial score (nSPS) is 14.5. The molecule has 240 valence electrons. The zero-order valence-corrected chi connectivity index (χ0v) is 26.5. The maximum Gasteiger partial charge on any atom is 0.326 e. The minimum absolute atomic E-state index is 0.0394. The number of carbonyl (C=O) groups excluding carboxylic acids is 4. The summed E-state index contributed by atoms with van der Waals surface area (Å²) in [5.74, 6) is -5.06. The first kappa shape index (κ1) is 37.7. The van der Waals surface area contributed by atoms with E-state index in [1.54, 1.807) is 44.2 Å². The molecule has 13 nitrogen and oxygen atoms in total. The minimum Gasteiger partial charge on any atom is -0.481 e. The molecule has 0 aromatic heterocycles. The number of hydrogen-bond donors (Lipinski definition) is 7. The average molecular weight is 642 g/mol. The van der Waals surface area contributed by atoms with Crippen molar-refractivity contribution in [3.8, 4) is 0 Å². The molecule has 0 aliphatic rings. The second-order valence-electron chi connectivity index (χ2n) is 10.2. The first-order chi connectivity index (χ1) is 20.3. The number of carboxylic acid groups (broad SMARTS) is 2. The zero-order valence-electron chi connectivity index (χ0n) is 24.8. The Labute approximate surface area is 260 Å². The summed E-state index contributed by atoms with van der Waals surface area (Å²) >= 11 is 2.90. The maximum absolute atomic E-state index is 13.5. The second kappa shape index (κ2) is 19.8. The summed E-state index contributed by atoms with van der Waals surface area (Å²) in [6.07, 6.45) is 3.44. The van der Waals surface area contributed by atoms with Crippen LogP contribution in [0.5, 0.6) is 0 Å². The third-order valence-corrected chi connectivity index (χ3v) is 7.66. The molecule has 1 aromatic rings. The highest BCUT2D eigenvalue weighted by Gasteiger charge is 2.33. The zero-order chi connectivity index (χ0) is 32.5. The summed E-state index contributed by atoms with van der Waals surface area (Å²) in [6.45, 7) is 3.28. The van der Waals surface area contributed by atoms with E-state index in [0.29, 0.717) is 23.5 Å². The fourth-order valence-corrected chi connectivity index (χ4v) is 4.87. The molecule has 1 rings (SSSR count). The molecule has 0 saturated carbocycles. The lowest BCUT2D eigenvalue weighted by Gasteiger charge is -2.28. The van der Waals surface area contributed by atoms with Crippen LogP contribution >= 0.6 is 23.5 Å². The van der Waals surface area contributed by atoms with Crippen molar-refractivity contribution >= 4 is 59.1 Å². The summed E-state index contributed by atoms with van der Waals surface area (Å²) in [5, 5.41) is 28.9. The third-order valence-electron chi connectivity index (χ3n) is 6.37. The summed E-state index contributed by atoms with van der Waals surface area (Å²) in [5.41, 5.74) is 6.56. The van der Waals surface area contributed by atoms with Crippen molar-refractivity contribution in [2.75, 3.05) is 24.0 Å². The molecular formula is C28H43N5O8S2. The van der Waals surface area contributed by atoms with Crippen LogP contribution in [0.2, 0.25) is 0 Å². The number of thioether (sulfide) groups is 2. The van der Waals surface area contributed by atoms with E-state index in [0.717, 1.165) is 0 Å². The molecule has 0 spiro atoms. The molecule has 15 heteroatoms. The highest BCUT2D eigenvalue weighted by Crippen LogP contribution is 2.09. The van der Waals surface area contributed by atoms with Crippen molar-refractivity contribution in [3.63, 3.8) is 0 Å². The monoisotopic (exact) mass is 641 g/mol. The lowest BCUT2D eigenvalue weighted by molar-refractivity contribution is -0.142. The highest BCUT2D eigenvalue weighted by molar-refractivity contribution is 7.98. The maximum atomic E-state index is 13.5. The van der Waals surface area contributed by atoms with E-state index in [4.69, 9.17) is 5.73 Å². The van der Waals surface area contributed by atoms with Gasteiger partial charge in [0.2, 0.25) is 23.6 Å². The molecule has 0 aliphatic carbocycles. The number of nitrogens with two attached hydrogens (primary N) is 1. The molecule has 0 heterocycles. The Morgan fingerprint density at radius 1 is 0.744 bits per heavy atom. The SMILES string of the molecule is CSCC[C@H](NC(=O)[C@H](Cc1ccccc1)NC(=O)[C@@H](NC(=O)[C@H](CC(=O)O)NC(=O)[C@@H](N)CCSC)C(C)C)C(=O)O. The van der Waals surface area contributed by atoms with Crippen LogP contribution in [0.15, 0.2) is 30.3 Å². The Bertz CT molecular complexity index is 1090. The molecule has 0 unspecified atom stereocenters. The number of aliphatic carboxylic acids is 2. The Balaban J connectivity index is 3.16. The second-order valence-corrected chi connectivity index (χ2v) is 12.2. The number of benzene rings is 1. The minimum atomic E-state index is -1.50. The molecule has 1 aromatic carbocycles. The quantitative estimate of drug-likeness (QED) is 0.102. The Morgan fingerprint density at radius 3 is 1.81 bits per heavy atom. The molecule has 0 saturated heterocycles. The molecule has 8 N–H and O–H groups in total. The number of hydrogen-bond acceptors (Lipinski definition) is 9. The van der Waals surface area contributed by atoms with E-state index in [-0.39, 0.29) is 12.8 Å². The molecule has 4 amide bonds. The van der Waals surface area contributed by atoms with Crippen molar-refractivity contribution in [1.29, 1.82) is 0 Å². The van der Waals surface area contributed by atoms with Gasteiger partial charge in [-0.05, 0) is 48.3 Å². The van der Waals surface area contributed by atoms with Crippen LogP contribution in [0.4, 0.5) is 0 Å². The molecule has 0 fully saturated rings. The van der Waals surface area contributed by atoms with Gasteiger partial charge in [0.15, 0.2) is 0 Å². The molecule has 0 aliphatic heterocycles. The van der Waals surface area contributed by atoms with Gasteiger partial charge in [0, 0.05) is 6.42 Å². The van der Waals surface area contributed by atoms with Crippen molar-refractivity contribution in [2.45, 2.75) is 69.7 Å². The molecule has 0 radical (unpaired) electrons. The Morgan fingerprint density at radius 2 is 1.28 bits per heavy atom. The first-order valence-electron chi connectivity index (χ1n) is 13.7. The van der Waals surface area contributed by atoms with Gasteiger partial charge in [-0.3, -0.25) is 24.0 Å². The van der Waals surface area contributed by atoms with Crippen LogP contribution in [0.3, 0.4) is 0 Å². The van der Waals surface area contributed by atoms with Crippen LogP contribution in [-0.2, 0) is 35.2 Å². The molecule has 5 atom stereocenters. The van der Waals surface area contributed by atoms with Gasteiger partial charge in [-0.25, -0.2) is 4.79 Å². The number of rotatable bonds is 20. The predicted octanol–water partition coefficient (Wildman–Crippen LogP) is 0.217. The predicted molar refractivity (Wildman–Crippen MR) is 167 cm³/mol. The van der Waals surface area contributed by atoms with E-state index in [1.807, 2.05) is 12.5 Å². The van der Waals surface area contributed by atoms with Crippen LogP contribution in [-0.4, -0.2) is 100 Å². The van der Waals surface area contributed by atoms with Crippen LogP contribution in [0, 0.1) is 5.92 Å². The van der Waals surface area contributed by atoms with E-state index in [2.05, 4.69) is 21.3 Å². The van der Waals surface area contributed by atoms with Crippen molar-refractivity contribution in [2.24, 2.45) is 11.7 Å². The van der Waals surface area contributed by atoms with Crippen LogP contribution in [0.1, 0.15) is 38.7 Å². The van der Waals surface area contributed by atoms with Gasteiger partial charge in [-0.2, -0.15) is 23.5 Å².